The Labute approximate surface area is 65.9 Å². The van der Waals surface area contributed by atoms with Crippen molar-refractivity contribution in [3.05, 3.63) is 24.0 Å². The van der Waals surface area contributed by atoms with E-state index >= 15 is 0 Å². The van der Waals surface area contributed by atoms with Crippen molar-refractivity contribution in [3.63, 3.8) is 0 Å². The monoisotopic (exact) mass is 174 g/mol. The third-order valence-corrected chi connectivity index (χ3v) is 2.90. The summed E-state index contributed by atoms with van der Waals surface area (Å²) in [5.41, 5.74) is -0.00482. The fourth-order valence-corrected chi connectivity index (χ4v) is 2.62. The predicted molar refractivity (Wildman–Crippen MR) is 43.3 cm³/mol. The molecule has 1 unspecified atom stereocenters. The van der Waals surface area contributed by atoms with Gasteiger partial charge in [0.2, 0.25) is 0 Å². The molecule has 0 bridgehead atoms. The summed E-state index contributed by atoms with van der Waals surface area (Å²) in [6.45, 7) is 6.99. The summed E-state index contributed by atoms with van der Waals surface area (Å²) in [6, 6.07) is 0. The van der Waals surface area contributed by atoms with Crippen molar-refractivity contribution in [1.82, 2.24) is 0 Å². The van der Waals surface area contributed by atoms with Crippen LogP contribution in [0.5, 0.6) is 0 Å². The SMILES string of the molecule is C=CC1=CP(=O)(O)OC1(C)C. The Kier molecular flexibility index (Phi) is 1.83. The van der Waals surface area contributed by atoms with Crippen molar-refractivity contribution < 1.29 is 14.0 Å². The van der Waals surface area contributed by atoms with E-state index in [2.05, 4.69) is 6.58 Å². The number of hydrogen-bond acceptors (Lipinski definition) is 2. The van der Waals surface area contributed by atoms with Crippen LogP contribution >= 0.6 is 7.60 Å². The van der Waals surface area contributed by atoms with Gasteiger partial charge in [-0.3, -0.25) is 9.09 Å². The van der Waals surface area contributed by atoms with Gasteiger partial charge in [0.25, 0.3) is 0 Å². The minimum absolute atomic E-state index is 0.670. The standard InChI is InChI=1S/C7H11O3P/c1-4-6-5-11(8,9)10-7(6,2)3/h4-5H,1H2,2-3H3,(H,8,9). The summed E-state index contributed by atoms with van der Waals surface area (Å²) in [5, 5.41) is 0. The van der Waals surface area contributed by atoms with Crippen LogP contribution in [-0.2, 0) is 9.09 Å². The first-order valence-corrected chi connectivity index (χ1v) is 4.91. The van der Waals surface area contributed by atoms with E-state index in [9.17, 15) is 4.57 Å². The van der Waals surface area contributed by atoms with Crippen LogP contribution in [0, 0.1) is 0 Å². The molecular weight excluding hydrogens is 163 g/mol. The van der Waals surface area contributed by atoms with Gasteiger partial charge in [-0.25, -0.2) is 0 Å². The zero-order chi connectivity index (χ0) is 8.70. The average molecular weight is 174 g/mol. The maximum Gasteiger partial charge on any atom is 0.352 e. The molecule has 4 heteroatoms. The van der Waals surface area contributed by atoms with E-state index in [4.69, 9.17) is 9.42 Å². The second-order valence-electron chi connectivity index (χ2n) is 2.95. The Balaban J connectivity index is 3.08. The molecule has 1 atom stereocenters. The number of rotatable bonds is 1. The molecule has 1 rings (SSSR count). The molecule has 0 aromatic heterocycles. The Morgan fingerprint density at radius 1 is 1.82 bits per heavy atom. The van der Waals surface area contributed by atoms with Gasteiger partial charge in [0, 0.05) is 5.82 Å². The lowest BCUT2D eigenvalue weighted by atomic mass is 10.0. The second kappa shape index (κ2) is 2.31. The van der Waals surface area contributed by atoms with Gasteiger partial charge in [0.05, 0.1) is 5.60 Å². The first-order valence-electron chi connectivity index (χ1n) is 3.26. The molecule has 0 aliphatic carbocycles. The Hall–Kier alpha value is -0.370. The minimum Gasteiger partial charge on any atom is -0.321 e. The molecule has 62 valence electrons. The summed E-state index contributed by atoms with van der Waals surface area (Å²) >= 11 is 0. The fourth-order valence-electron chi connectivity index (χ4n) is 1.04. The number of hydrogen-bond donors (Lipinski definition) is 1. The molecule has 1 aliphatic rings. The van der Waals surface area contributed by atoms with Crippen LogP contribution in [0.1, 0.15) is 13.8 Å². The molecule has 0 saturated carbocycles. The van der Waals surface area contributed by atoms with Crippen molar-refractivity contribution in [2.45, 2.75) is 19.4 Å². The normalized spacial score (nSPS) is 35.0. The van der Waals surface area contributed by atoms with E-state index < -0.39 is 13.2 Å². The van der Waals surface area contributed by atoms with Gasteiger partial charge >= 0.3 is 7.60 Å². The lowest BCUT2D eigenvalue weighted by Gasteiger charge is -2.19. The average Bonchev–Trinajstić information content (AvgIpc) is 1.99. The summed E-state index contributed by atoms with van der Waals surface area (Å²) < 4.78 is 15.9. The minimum atomic E-state index is -3.47. The quantitative estimate of drug-likeness (QED) is 0.619. The molecule has 11 heavy (non-hydrogen) atoms. The highest BCUT2D eigenvalue weighted by Gasteiger charge is 2.38. The van der Waals surface area contributed by atoms with Crippen molar-refractivity contribution in [3.8, 4) is 0 Å². The summed E-state index contributed by atoms with van der Waals surface area (Å²) in [6.07, 6.45) is 1.54. The topological polar surface area (TPSA) is 46.5 Å². The van der Waals surface area contributed by atoms with E-state index in [0.717, 1.165) is 0 Å². The zero-order valence-corrected chi connectivity index (χ0v) is 7.47. The molecular formula is C7H11O3P. The van der Waals surface area contributed by atoms with Gasteiger partial charge in [0.15, 0.2) is 0 Å². The van der Waals surface area contributed by atoms with Gasteiger partial charge in [-0.05, 0) is 19.4 Å². The lowest BCUT2D eigenvalue weighted by molar-refractivity contribution is 0.147. The third kappa shape index (κ3) is 1.62. The molecule has 0 spiro atoms. The maximum atomic E-state index is 11.0. The van der Waals surface area contributed by atoms with E-state index in [1.807, 2.05) is 0 Å². The Morgan fingerprint density at radius 2 is 2.36 bits per heavy atom. The van der Waals surface area contributed by atoms with E-state index in [-0.39, 0.29) is 0 Å². The highest BCUT2D eigenvalue weighted by Crippen LogP contribution is 2.56. The molecule has 0 saturated heterocycles. The zero-order valence-electron chi connectivity index (χ0n) is 6.57. The van der Waals surface area contributed by atoms with Crippen LogP contribution in [0.25, 0.3) is 0 Å². The first-order chi connectivity index (χ1) is 4.87. The maximum absolute atomic E-state index is 11.0. The molecule has 3 nitrogen and oxygen atoms in total. The summed E-state index contributed by atoms with van der Waals surface area (Å²) in [5.74, 6) is 1.24. The van der Waals surface area contributed by atoms with Crippen molar-refractivity contribution in [1.29, 1.82) is 0 Å². The van der Waals surface area contributed by atoms with Crippen molar-refractivity contribution in [2.75, 3.05) is 0 Å². The fraction of sp³-hybridized carbons (Fsp3) is 0.429. The molecule has 0 fully saturated rings. The molecule has 1 heterocycles. The van der Waals surface area contributed by atoms with Crippen molar-refractivity contribution >= 4 is 7.60 Å². The van der Waals surface area contributed by atoms with Crippen LogP contribution in [-0.4, -0.2) is 10.5 Å². The van der Waals surface area contributed by atoms with Crippen LogP contribution in [0.2, 0.25) is 0 Å². The highest BCUT2D eigenvalue weighted by atomic mass is 31.2. The molecule has 0 aromatic carbocycles. The Bertz CT molecular complexity index is 265. The van der Waals surface area contributed by atoms with Crippen LogP contribution in [0.15, 0.2) is 24.0 Å². The molecule has 0 radical (unpaired) electrons. The van der Waals surface area contributed by atoms with Crippen molar-refractivity contribution in [2.24, 2.45) is 0 Å². The molecule has 0 amide bonds. The predicted octanol–water partition coefficient (Wildman–Crippen LogP) is 2.05. The van der Waals surface area contributed by atoms with Gasteiger partial charge in [-0.2, -0.15) is 0 Å². The largest absolute Gasteiger partial charge is 0.352 e. The van der Waals surface area contributed by atoms with Crippen LogP contribution < -0.4 is 0 Å². The van der Waals surface area contributed by atoms with Gasteiger partial charge in [-0.1, -0.05) is 12.7 Å². The van der Waals surface area contributed by atoms with Crippen LogP contribution in [0.3, 0.4) is 0 Å². The van der Waals surface area contributed by atoms with E-state index in [0.29, 0.717) is 5.57 Å². The smallest absolute Gasteiger partial charge is 0.321 e. The molecule has 1 aliphatic heterocycles. The highest BCUT2D eigenvalue weighted by molar-refractivity contribution is 7.56. The van der Waals surface area contributed by atoms with Crippen LogP contribution in [0.4, 0.5) is 0 Å². The first kappa shape index (κ1) is 8.72. The van der Waals surface area contributed by atoms with Gasteiger partial charge in [0.1, 0.15) is 0 Å². The van der Waals surface area contributed by atoms with E-state index in [1.54, 1.807) is 13.8 Å². The molecule has 1 N–H and O–H groups in total. The molecule has 0 aromatic rings. The van der Waals surface area contributed by atoms with E-state index in [1.165, 1.54) is 11.9 Å². The summed E-state index contributed by atoms with van der Waals surface area (Å²) in [7, 11) is -3.47. The van der Waals surface area contributed by atoms with Gasteiger partial charge in [-0.15, -0.1) is 0 Å². The van der Waals surface area contributed by atoms with Gasteiger partial charge < -0.3 is 4.89 Å². The lowest BCUT2D eigenvalue weighted by Crippen LogP contribution is -2.19. The Morgan fingerprint density at radius 3 is 2.55 bits per heavy atom. The third-order valence-electron chi connectivity index (χ3n) is 1.58. The summed E-state index contributed by atoms with van der Waals surface area (Å²) in [4.78, 5) is 9.04. The second-order valence-corrected chi connectivity index (χ2v) is 4.52.